The van der Waals surface area contributed by atoms with Crippen molar-refractivity contribution in [2.75, 3.05) is 0 Å². The summed E-state index contributed by atoms with van der Waals surface area (Å²) in [6, 6.07) is 23.2. The number of hydrogen-bond donors (Lipinski definition) is 1. The third-order valence-electron chi connectivity index (χ3n) is 6.30. The SMILES string of the molecule is CC(C)(C)[N+](Br)(N([N]C(=O)c1cc(-c2ccc(F)c(Cl)c2)ccc1O)C(=O)c1ccccc1)S(=O)(=O)c1ccccc1. The normalized spacial score (nSPS) is 13.2. The molecule has 0 saturated heterocycles. The zero-order valence-electron chi connectivity index (χ0n) is 22.7. The number of carbonyl (C=O) groups is 2. The molecule has 4 aromatic carbocycles. The Morgan fingerprint density at radius 1 is 0.905 bits per heavy atom. The van der Waals surface area contributed by atoms with E-state index in [0.29, 0.717) is 16.2 Å². The Bertz CT molecular complexity index is 1750. The minimum atomic E-state index is -4.51. The first-order chi connectivity index (χ1) is 19.7. The zero-order chi connectivity index (χ0) is 30.9. The number of benzene rings is 4. The van der Waals surface area contributed by atoms with Gasteiger partial charge in [0.25, 0.3) is 16.1 Å². The van der Waals surface area contributed by atoms with Crippen molar-refractivity contribution >= 4 is 49.6 Å². The van der Waals surface area contributed by atoms with Crippen LogP contribution in [-0.2, 0) is 10.0 Å². The number of phenolic OH excluding ortho intramolecular Hbond substituents is 1. The monoisotopic (exact) mass is 673 g/mol. The molecule has 0 saturated carbocycles. The molecule has 0 heterocycles. The fraction of sp³-hybridized carbons (Fsp3) is 0.133. The Hall–Kier alpha value is -3.77. The van der Waals surface area contributed by atoms with Gasteiger partial charge in [-0.1, -0.05) is 65.6 Å². The molecule has 1 radical (unpaired) electrons. The Morgan fingerprint density at radius 3 is 2.02 bits per heavy atom. The van der Waals surface area contributed by atoms with E-state index in [4.69, 9.17) is 11.6 Å². The van der Waals surface area contributed by atoms with E-state index in [9.17, 15) is 27.5 Å². The molecule has 0 aromatic heterocycles. The van der Waals surface area contributed by atoms with Crippen molar-refractivity contribution in [2.45, 2.75) is 31.2 Å². The lowest BCUT2D eigenvalue weighted by Crippen LogP contribution is -2.69. The van der Waals surface area contributed by atoms with E-state index >= 15 is 0 Å². The van der Waals surface area contributed by atoms with Gasteiger partial charge in [-0.3, -0.25) is 9.59 Å². The standard InChI is InChI=1S/C30H25BrClFN3O5S/c1-30(2,3)36(31,42(40,41)23-12-8-5-9-13-23)35(29(39)20-10-6-4-7-11-20)34-28(38)24-18-21(15-17-27(24)37)22-14-16-26(33)25(32)19-22/h4-19H,1-3H3/p+1. The maximum absolute atomic E-state index is 14.2. The van der Waals surface area contributed by atoms with Gasteiger partial charge in [0.15, 0.2) is 0 Å². The summed E-state index contributed by atoms with van der Waals surface area (Å²) in [6.45, 7) is 4.68. The summed E-state index contributed by atoms with van der Waals surface area (Å²) in [7, 11) is -4.51. The number of phenols is 1. The maximum Gasteiger partial charge on any atom is 0.362 e. The van der Waals surface area contributed by atoms with Gasteiger partial charge in [-0.05, 0) is 88.6 Å². The summed E-state index contributed by atoms with van der Waals surface area (Å²) in [5.41, 5.74) is 3.27. The van der Waals surface area contributed by atoms with Gasteiger partial charge in [-0.15, -0.1) is 0 Å². The highest BCUT2D eigenvalue weighted by atomic mass is 79.9. The largest absolute Gasteiger partial charge is 0.507 e. The lowest BCUT2D eigenvalue weighted by Gasteiger charge is -2.43. The van der Waals surface area contributed by atoms with Gasteiger partial charge in [-0.25, -0.2) is 4.39 Å². The summed E-state index contributed by atoms with van der Waals surface area (Å²) in [5.74, 6) is -3.12. The van der Waals surface area contributed by atoms with Crippen molar-refractivity contribution in [3.63, 3.8) is 0 Å². The van der Waals surface area contributed by atoms with E-state index < -0.39 is 42.0 Å². The van der Waals surface area contributed by atoms with E-state index in [2.05, 4.69) is 21.6 Å². The van der Waals surface area contributed by atoms with E-state index in [-0.39, 0.29) is 21.0 Å². The molecule has 0 spiro atoms. The van der Waals surface area contributed by atoms with Crippen molar-refractivity contribution in [2.24, 2.45) is 0 Å². The minimum Gasteiger partial charge on any atom is -0.507 e. The molecule has 1 atom stereocenters. The Morgan fingerprint density at radius 2 is 1.45 bits per heavy atom. The number of halogens is 3. The highest BCUT2D eigenvalue weighted by Gasteiger charge is 2.61. The smallest absolute Gasteiger partial charge is 0.362 e. The van der Waals surface area contributed by atoms with Gasteiger partial charge < -0.3 is 5.11 Å². The number of aromatic hydroxyl groups is 1. The van der Waals surface area contributed by atoms with Crippen LogP contribution in [0.2, 0.25) is 5.02 Å². The Kier molecular flexibility index (Phi) is 8.79. The Labute approximate surface area is 256 Å². The first kappa shape index (κ1) is 31.2. The van der Waals surface area contributed by atoms with Crippen LogP contribution < -0.4 is 5.43 Å². The van der Waals surface area contributed by atoms with E-state index in [1.54, 1.807) is 45.0 Å². The predicted octanol–water partition coefficient (Wildman–Crippen LogP) is 6.88. The molecule has 42 heavy (non-hydrogen) atoms. The molecule has 0 bridgehead atoms. The molecule has 1 unspecified atom stereocenters. The number of quaternary nitrogens is 1. The van der Waals surface area contributed by atoms with Gasteiger partial charge in [-0.2, -0.15) is 8.42 Å². The Balaban J connectivity index is 1.87. The van der Waals surface area contributed by atoms with Crippen LogP contribution in [0.1, 0.15) is 41.5 Å². The molecule has 0 aliphatic heterocycles. The lowest BCUT2D eigenvalue weighted by molar-refractivity contribution is -0.828. The van der Waals surface area contributed by atoms with Crippen LogP contribution in [0, 0.1) is 5.82 Å². The first-order valence-corrected chi connectivity index (χ1v) is 15.0. The summed E-state index contributed by atoms with van der Waals surface area (Å²) in [6.07, 6.45) is 0. The van der Waals surface area contributed by atoms with Crippen molar-refractivity contribution in [3.8, 4) is 16.9 Å². The van der Waals surface area contributed by atoms with Crippen LogP contribution >= 0.6 is 27.7 Å². The van der Waals surface area contributed by atoms with Crippen molar-refractivity contribution in [1.29, 1.82) is 0 Å². The number of nitrogens with zero attached hydrogens (tertiary/aromatic N) is 3. The number of carbonyl (C=O) groups excluding carboxylic acids is 2. The summed E-state index contributed by atoms with van der Waals surface area (Å²) < 4.78 is 40.9. The van der Waals surface area contributed by atoms with Crippen molar-refractivity contribution in [1.82, 2.24) is 10.5 Å². The first-order valence-electron chi connectivity index (χ1n) is 12.5. The fourth-order valence-electron chi connectivity index (χ4n) is 4.10. The minimum absolute atomic E-state index is 0.0578. The quantitative estimate of drug-likeness (QED) is 0.177. The van der Waals surface area contributed by atoms with E-state index in [0.717, 1.165) is 6.07 Å². The number of sulfonamides is 1. The second kappa shape index (κ2) is 11.8. The van der Waals surface area contributed by atoms with Gasteiger partial charge in [0, 0.05) is 5.56 Å². The van der Waals surface area contributed by atoms with Crippen LogP contribution in [0.4, 0.5) is 4.39 Å². The van der Waals surface area contributed by atoms with Crippen LogP contribution in [0.5, 0.6) is 5.75 Å². The highest BCUT2D eigenvalue weighted by molar-refractivity contribution is 9.06. The highest BCUT2D eigenvalue weighted by Crippen LogP contribution is 2.42. The van der Waals surface area contributed by atoms with Gasteiger partial charge in [0.05, 0.1) is 10.6 Å². The van der Waals surface area contributed by atoms with Crippen molar-refractivity contribution < 1.29 is 30.5 Å². The van der Waals surface area contributed by atoms with Gasteiger partial charge in [0.1, 0.15) is 22.0 Å². The molecular weight excluding hydrogens is 649 g/mol. The maximum atomic E-state index is 14.2. The molecule has 8 nitrogen and oxygen atoms in total. The molecule has 0 fully saturated rings. The molecule has 4 rings (SSSR count). The average molecular weight is 675 g/mol. The molecule has 0 aliphatic rings. The fourth-order valence-corrected chi connectivity index (χ4v) is 6.81. The van der Waals surface area contributed by atoms with E-state index in [1.165, 1.54) is 66.7 Å². The summed E-state index contributed by atoms with van der Waals surface area (Å²) in [4.78, 5) is 27.6. The second-order valence-electron chi connectivity index (χ2n) is 10.2. The molecule has 0 aliphatic carbocycles. The van der Waals surface area contributed by atoms with E-state index in [1.807, 2.05) is 0 Å². The van der Waals surface area contributed by atoms with Crippen LogP contribution in [0.15, 0.2) is 102 Å². The third kappa shape index (κ3) is 5.78. The molecular formula is C30H26BrClFN3O5S+. The number of amides is 2. The number of rotatable bonds is 6. The van der Waals surface area contributed by atoms with Crippen LogP contribution in [-0.4, -0.2) is 39.0 Å². The number of hydrogen-bond acceptors (Lipinski definition) is 5. The molecule has 4 aromatic rings. The van der Waals surface area contributed by atoms with Crippen LogP contribution in [0.25, 0.3) is 11.1 Å². The lowest BCUT2D eigenvalue weighted by atomic mass is 10.0. The second-order valence-corrected chi connectivity index (χ2v) is 14.0. The summed E-state index contributed by atoms with van der Waals surface area (Å²) >= 11 is 9.24. The molecule has 217 valence electrons. The zero-order valence-corrected chi connectivity index (χ0v) is 25.9. The van der Waals surface area contributed by atoms with Gasteiger partial charge in [0.2, 0.25) is 0 Å². The van der Waals surface area contributed by atoms with Gasteiger partial charge >= 0.3 is 21.8 Å². The van der Waals surface area contributed by atoms with Crippen molar-refractivity contribution in [3.05, 3.63) is 119 Å². The average Bonchev–Trinajstić information content (AvgIpc) is 2.97. The predicted molar refractivity (Wildman–Crippen MR) is 160 cm³/mol. The third-order valence-corrected chi connectivity index (χ3v) is 11.3. The van der Waals surface area contributed by atoms with Crippen LogP contribution in [0.3, 0.4) is 0 Å². The summed E-state index contributed by atoms with van der Waals surface area (Å²) in [5, 5.41) is 11.0. The molecule has 12 heteroatoms. The molecule has 2 amide bonds. The topological polar surface area (TPSA) is 106 Å². The molecule has 1 N–H and O–H groups in total.